The SMILES string of the molecule is CCC[C@](C(=O)NN)(c1ccccc1)S(=O)(=O)/C=C(/c1ccc(C)cc1)[C@H](C/C=C/c1ccccc1)C(=O)NO. The number of carbonyl (C=O) groups excluding carboxylic acids is 2. The third kappa shape index (κ3) is 6.74. The number of sulfone groups is 1. The summed E-state index contributed by atoms with van der Waals surface area (Å²) in [5, 5.41) is 10.6. The van der Waals surface area contributed by atoms with E-state index in [4.69, 9.17) is 5.84 Å². The first-order valence-corrected chi connectivity index (χ1v) is 14.5. The Labute approximate surface area is 235 Å². The lowest BCUT2D eigenvalue weighted by molar-refractivity contribution is -0.131. The van der Waals surface area contributed by atoms with E-state index in [0.29, 0.717) is 12.0 Å². The number of aryl methyl sites for hydroxylation is 1. The molecule has 0 fully saturated rings. The molecule has 40 heavy (non-hydrogen) atoms. The summed E-state index contributed by atoms with van der Waals surface area (Å²) < 4.78 is 26.8. The van der Waals surface area contributed by atoms with Crippen LogP contribution >= 0.6 is 0 Å². The molecule has 0 saturated heterocycles. The van der Waals surface area contributed by atoms with Crippen molar-refractivity contribution in [1.29, 1.82) is 0 Å². The lowest BCUT2D eigenvalue weighted by Crippen LogP contribution is -2.51. The van der Waals surface area contributed by atoms with Gasteiger partial charge in [0.15, 0.2) is 14.6 Å². The Morgan fingerprint density at radius 1 is 0.975 bits per heavy atom. The molecule has 3 rings (SSSR count). The van der Waals surface area contributed by atoms with Crippen molar-refractivity contribution in [2.75, 3.05) is 0 Å². The van der Waals surface area contributed by atoms with Crippen molar-refractivity contribution in [1.82, 2.24) is 10.9 Å². The van der Waals surface area contributed by atoms with Gasteiger partial charge in [-0.15, -0.1) is 0 Å². The summed E-state index contributed by atoms with van der Waals surface area (Å²) in [6, 6.07) is 24.6. The molecule has 210 valence electrons. The van der Waals surface area contributed by atoms with Crippen molar-refractivity contribution in [3.05, 3.63) is 119 Å². The van der Waals surface area contributed by atoms with Gasteiger partial charge in [0.2, 0.25) is 0 Å². The zero-order valence-electron chi connectivity index (χ0n) is 22.6. The average molecular weight is 562 g/mol. The van der Waals surface area contributed by atoms with Crippen LogP contribution in [-0.4, -0.2) is 25.4 Å². The normalized spacial score (nSPS) is 14.3. The highest BCUT2D eigenvalue weighted by atomic mass is 32.2. The Morgan fingerprint density at radius 2 is 1.57 bits per heavy atom. The molecule has 0 aliphatic heterocycles. The van der Waals surface area contributed by atoms with Crippen LogP contribution in [0.2, 0.25) is 0 Å². The predicted octanol–water partition coefficient (Wildman–Crippen LogP) is 4.66. The first-order valence-electron chi connectivity index (χ1n) is 13.0. The van der Waals surface area contributed by atoms with Gasteiger partial charge in [-0.25, -0.2) is 19.7 Å². The number of hydrazine groups is 1. The molecule has 0 saturated carbocycles. The molecular weight excluding hydrogens is 526 g/mol. The van der Waals surface area contributed by atoms with Crippen LogP contribution in [0.15, 0.2) is 96.4 Å². The fourth-order valence-corrected chi connectivity index (χ4v) is 6.83. The van der Waals surface area contributed by atoms with E-state index in [-0.39, 0.29) is 24.0 Å². The molecule has 5 N–H and O–H groups in total. The summed E-state index contributed by atoms with van der Waals surface area (Å²) in [4.78, 5) is 26.4. The third-order valence-electron chi connectivity index (χ3n) is 6.78. The van der Waals surface area contributed by atoms with Crippen LogP contribution in [0, 0.1) is 12.8 Å². The molecule has 0 heterocycles. The van der Waals surface area contributed by atoms with Gasteiger partial charge in [0, 0.05) is 5.41 Å². The zero-order chi connectivity index (χ0) is 29.2. The summed E-state index contributed by atoms with van der Waals surface area (Å²) in [5.41, 5.74) is 6.41. The molecule has 9 heteroatoms. The number of hydrogen-bond acceptors (Lipinski definition) is 6. The van der Waals surface area contributed by atoms with Gasteiger partial charge in [0.25, 0.3) is 11.8 Å². The first-order chi connectivity index (χ1) is 19.2. The fraction of sp³-hybridized carbons (Fsp3) is 0.226. The topological polar surface area (TPSA) is 139 Å². The Kier molecular flexibility index (Phi) is 10.6. The highest BCUT2D eigenvalue weighted by Crippen LogP contribution is 2.40. The van der Waals surface area contributed by atoms with Crippen molar-refractivity contribution in [3.8, 4) is 0 Å². The number of nitrogens with one attached hydrogen (secondary N) is 2. The van der Waals surface area contributed by atoms with E-state index in [2.05, 4.69) is 5.43 Å². The third-order valence-corrected chi connectivity index (χ3v) is 8.94. The molecule has 0 aliphatic carbocycles. The molecule has 3 aromatic carbocycles. The molecule has 2 amide bonds. The lowest BCUT2D eigenvalue weighted by atomic mass is 9.89. The molecule has 2 atom stereocenters. The minimum absolute atomic E-state index is 0.0508. The number of rotatable bonds is 12. The monoisotopic (exact) mass is 561 g/mol. The van der Waals surface area contributed by atoms with E-state index < -0.39 is 32.3 Å². The van der Waals surface area contributed by atoms with Crippen molar-refractivity contribution in [2.24, 2.45) is 11.8 Å². The molecule has 0 spiro atoms. The standard InChI is InChI=1S/C31H35N3O5S/c1-3-21-31(30(36)33-32,26-14-8-5-9-15-26)40(38,39)22-28(25-19-17-23(2)18-20-25)27(29(35)34-37)16-10-13-24-11-6-4-7-12-24/h4-15,17-20,22,27,37H,3,16,21,32H2,1-2H3,(H,33,36)(H,34,35)/b13-10+,28-22-/t27-,31+/m0/s1. The Balaban J connectivity index is 2.26. The molecule has 0 bridgehead atoms. The second-order valence-corrected chi connectivity index (χ2v) is 11.5. The van der Waals surface area contributed by atoms with Crippen LogP contribution in [0.25, 0.3) is 11.6 Å². The number of carbonyl (C=O) groups is 2. The van der Waals surface area contributed by atoms with Gasteiger partial charge in [-0.3, -0.25) is 20.2 Å². The van der Waals surface area contributed by atoms with E-state index in [9.17, 15) is 23.2 Å². The van der Waals surface area contributed by atoms with Crippen molar-refractivity contribution in [3.63, 3.8) is 0 Å². The zero-order valence-corrected chi connectivity index (χ0v) is 23.4. The molecule has 0 aromatic heterocycles. The Morgan fingerprint density at radius 3 is 2.12 bits per heavy atom. The number of hydrogen-bond donors (Lipinski definition) is 4. The maximum atomic E-state index is 14.4. The summed E-state index contributed by atoms with van der Waals surface area (Å²) in [6.07, 6.45) is 3.94. The summed E-state index contributed by atoms with van der Waals surface area (Å²) in [6.45, 7) is 3.66. The van der Waals surface area contributed by atoms with E-state index >= 15 is 0 Å². The van der Waals surface area contributed by atoms with Gasteiger partial charge in [-0.05, 0) is 42.0 Å². The molecule has 8 nitrogen and oxygen atoms in total. The van der Waals surface area contributed by atoms with Crippen molar-refractivity contribution < 1.29 is 23.2 Å². The molecular formula is C31H35N3O5S. The lowest BCUT2D eigenvalue weighted by Gasteiger charge is -2.31. The Hall–Kier alpha value is -4.05. The minimum Gasteiger partial charge on any atom is -0.293 e. The number of hydroxylamine groups is 1. The number of allylic oxidation sites excluding steroid dienone is 1. The van der Waals surface area contributed by atoms with Gasteiger partial charge >= 0.3 is 0 Å². The average Bonchev–Trinajstić information content (AvgIpc) is 2.97. The highest BCUT2D eigenvalue weighted by Gasteiger charge is 2.50. The van der Waals surface area contributed by atoms with Gasteiger partial charge in [0.1, 0.15) is 0 Å². The summed E-state index contributed by atoms with van der Waals surface area (Å²) in [7, 11) is -4.47. The molecule has 3 aromatic rings. The molecule has 0 radical (unpaired) electrons. The second-order valence-electron chi connectivity index (χ2n) is 9.48. The molecule has 0 aliphatic rings. The maximum absolute atomic E-state index is 14.4. The summed E-state index contributed by atoms with van der Waals surface area (Å²) >= 11 is 0. The van der Waals surface area contributed by atoms with Crippen LogP contribution in [0.1, 0.15) is 48.4 Å². The van der Waals surface area contributed by atoms with Gasteiger partial charge in [-0.2, -0.15) is 0 Å². The summed E-state index contributed by atoms with van der Waals surface area (Å²) in [5.74, 6) is 2.77. The maximum Gasteiger partial charge on any atom is 0.260 e. The van der Waals surface area contributed by atoms with Crippen molar-refractivity contribution >= 4 is 33.3 Å². The van der Waals surface area contributed by atoms with E-state index in [1.807, 2.05) is 43.3 Å². The first kappa shape index (κ1) is 30.5. The van der Waals surface area contributed by atoms with Crippen LogP contribution in [0.4, 0.5) is 0 Å². The fourth-order valence-electron chi connectivity index (χ4n) is 4.72. The largest absolute Gasteiger partial charge is 0.293 e. The second kappa shape index (κ2) is 13.8. The van der Waals surface area contributed by atoms with Crippen LogP contribution in [-0.2, 0) is 24.2 Å². The van der Waals surface area contributed by atoms with E-state index in [0.717, 1.165) is 16.5 Å². The van der Waals surface area contributed by atoms with Crippen LogP contribution in [0.5, 0.6) is 0 Å². The quantitative estimate of drug-likeness (QED) is 0.110. The van der Waals surface area contributed by atoms with Crippen LogP contribution in [0.3, 0.4) is 0 Å². The predicted molar refractivity (Wildman–Crippen MR) is 157 cm³/mol. The van der Waals surface area contributed by atoms with E-state index in [1.165, 1.54) is 0 Å². The van der Waals surface area contributed by atoms with Gasteiger partial charge in [-0.1, -0.05) is 116 Å². The smallest absolute Gasteiger partial charge is 0.260 e. The number of nitrogens with two attached hydrogens (primary N) is 1. The molecule has 0 unspecified atom stereocenters. The van der Waals surface area contributed by atoms with E-state index in [1.54, 1.807) is 73.1 Å². The van der Waals surface area contributed by atoms with Crippen molar-refractivity contribution in [2.45, 2.75) is 37.9 Å². The highest BCUT2D eigenvalue weighted by molar-refractivity contribution is 7.96. The number of amides is 2. The van der Waals surface area contributed by atoms with Gasteiger partial charge < -0.3 is 0 Å². The van der Waals surface area contributed by atoms with Crippen LogP contribution < -0.4 is 16.7 Å². The minimum atomic E-state index is -4.47. The Bertz CT molecular complexity index is 1450. The number of benzene rings is 3. The van der Waals surface area contributed by atoms with Gasteiger partial charge in [0.05, 0.1) is 5.92 Å².